The van der Waals surface area contributed by atoms with Crippen molar-refractivity contribution in [2.45, 2.75) is 12.8 Å². The van der Waals surface area contributed by atoms with Crippen LogP contribution >= 0.6 is 11.6 Å². The number of methoxy groups -OCH3 is 1. The van der Waals surface area contributed by atoms with Gasteiger partial charge in [-0.15, -0.1) is 0 Å². The number of hydrogen-bond acceptors (Lipinski definition) is 5. The lowest BCUT2D eigenvalue weighted by molar-refractivity contribution is 0.375. The van der Waals surface area contributed by atoms with Gasteiger partial charge in [-0.05, 0) is 32.4 Å². The topological polar surface area (TPSA) is 50.3 Å². The lowest BCUT2D eigenvalue weighted by Crippen LogP contribution is -2.39. The monoisotopic (exact) mass is 270 g/mol. The molecular formula is C12H19ClN4O. The van der Waals surface area contributed by atoms with E-state index in [1.807, 2.05) is 7.05 Å². The Balaban J connectivity index is 2.14. The van der Waals surface area contributed by atoms with Crippen LogP contribution in [0, 0.1) is 5.92 Å². The second-order valence-corrected chi connectivity index (χ2v) is 4.95. The highest BCUT2D eigenvalue weighted by molar-refractivity contribution is 6.32. The van der Waals surface area contributed by atoms with Crippen LogP contribution in [0.5, 0.6) is 6.01 Å². The number of aromatic nitrogens is 2. The average molecular weight is 271 g/mol. The summed E-state index contributed by atoms with van der Waals surface area (Å²) < 4.78 is 5.06. The Morgan fingerprint density at radius 2 is 2.44 bits per heavy atom. The minimum Gasteiger partial charge on any atom is -0.467 e. The van der Waals surface area contributed by atoms with Gasteiger partial charge in [-0.3, -0.25) is 0 Å². The van der Waals surface area contributed by atoms with Gasteiger partial charge in [0.2, 0.25) is 0 Å². The molecule has 2 rings (SSSR count). The van der Waals surface area contributed by atoms with Crippen molar-refractivity contribution < 1.29 is 4.74 Å². The number of halogens is 1. The molecule has 1 atom stereocenters. The number of anilines is 1. The Bertz CT molecular complexity index is 400. The van der Waals surface area contributed by atoms with Gasteiger partial charge >= 0.3 is 6.01 Å². The van der Waals surface area contributed by atoms with Crippen LogP contribution in [0.15, 0.2) is 6.20 Å². The van der Waals surface area contributed by atoms with Crippen molar-refractivity contribution in [2.75, 3.05) is 38.7 Å². The molecule has 1 aromatic rings. The third-order valence-electron chi connectivity index (χ3n) is 3.20. The molecule has 1 fully saturated rings. The largest absolute Gasteiger partial charge is 0.467 e. The van der Waals surface area contributed by atoms with Crippen molar-refractivity contribution in [3.8, 4) is 6.01 Å². The molecular weight excluding hydrogens is 252 g/mol. The van der Waals surface area contributed by atoms with Gasteiger partial charge < -0.3 is 15.0 Å². The standard InChI is InChI=1S/C12H19ClN4O/c1-14-6-9-4-3-5-17(8-9)11-10(13)7-15-12(16-11)18-2/h7,9,14H,3-6,8H2,1-2H3. The molecule has 5 nitrogen and oxygen atoms in total. The molecule has 0 aromatic carbocycles. The van der Waals surface area contributed by atoms with Gasteiger partial charge in [-0.1, -0.05) is 11.6 Å². The molecule has 0 amide bonds. The SMILES string of the molecule is CNCC1CCCN(c2nc(OC)ncc2Cl)C1. The molecule has 1 aliphatic heterocycles. The van der Waals surface area contributed by atoms with Crippen molar-refractivity contribution in [2.24, 2.45) is 5.92 Å². The number of rotatable bonds is 4. The zero-order valence-electron chi connectivity index (χ0n) is 10.8. The van der Waals surface area contributed by atoms with Crippen LogP contribution in [0.25, 0.3) is 0 Å². The zero-order chi connectivity index (χ0) is 13.0. The van der Waals surface area contributed by atoms with Gasteiger partial charge in [0.25, 0.3) is 0 Å². The smallest absolute Gasteiger partial charge is 0.318 e. The molecule has 1 N–H and O–H groups in total. The Labute approximate surface area is 113 Å². The minimum atomic E-state index is 0.366. The summed E-state index contributed by atoms with van der Waals surface area (Å²) >= 11 is 6.17. The van der Waals surface area contributed by atoms with Gasteiger partial charge in [0, 0.05) is 13.1 Å². The second-order valence-electron chi connectivity index (χ2n) is 4.54. The van der Waals surface area contributed by atoms with Crippen LogP contribution in [-0.4, -0.2) is 43.8 Å². The molecule has 0 aliphatic carbocycles. The van der Waals surface area contributed by atoms with Gasteiger partial charge in [0.15, 0.2) is 5.82 Å². The maximum Gasteiger partial charge on any atom is 0.318 e. The fourth-order valence-electron chi connectivity index (χ4n) is 2.38. The van der Waals surface area contributed by atoms with E-state index in [2.05, 4.69) is 20.2 Å². The molecule has 0 radical (unpaired) electrons. The predicted octanol–water partition coefficient (Wildman–Crippen LogP) is 1.57. The molecule has 0 spiro atoms. The molecule has 1 aromatic heterocycles. The van der Waals surface area contributed by atoms with Crippen LogP contribution in [-0.2, 0) is 0 Å². The summed E-state index contributed by atoms with van der Waals surface area (Å²) in [6, 6.07) is 0.366. The van der Waals surface area contributed by atoms with E-state index in [0.717, 1.165) is 31.9 Å². The first-order valence-electron chi connectivity index (χ1n) is 6.20. The molecule has 2 heterocycles. The van der Waals surface area contributed by atoms with Crippen LogP contribution in [0.3, 0.4) is 0 Å². The molecule has 1 saturated heterocycles. The van der Waals surface area contributed by atoms with E-state index in [-0.39, 0.29) is 0 Å². The number of nitrogens with zero attached hydrogens (tertiary/aromatic N) is 3. The summed E-state index contributed by atoms with van der Waals surface area (Å²) in [6.45, 7) is 2.98. The van der Waals surface area contributed by atoms with E-state index in [9.17, 15) is 0 Å². The number of ether oxygens (including phenoxy) is 1. The maximum atomic E-state index is 6.17. The maximum absolute atomic E-state index is 6.17. The molecule has 0 bridgehead atoms. The van der Waals surface area contributed by atoms with Gasteiger partial charge in [-0.2, -0.15) is 4.98 Å². The zero-order valence-corrected chi connectivity index (χ0v) is 11.6. The summed E-state index contributed by atoms with van der Waals surface area (Å²) in [5.41, 5.74) is 0. The molecule has 0 saturated carbocycles. The highest BCUT2D eigenvalue weighted by atomic mass is 35.5. The number of hydrogen-bond donors (Lipinski definition) is 1. The fourth-order valence-corrected chi connectivity index (χ4v) is 2.59. The van der Waals surface area contributed by atoms with E-state index < -0.39 is 0 Å². The fraction of sp³-hybridized carbons (Fsp3) is 0.667. The molecule has 100 valence electrons. The minimum absolute atomic E-state index is 0.366. The van der Waals surface area contributed by atoms with Crippen LogP contribution < -0.4 is 15.0 Å². The first-order chi connectivity index (χ1) is 8.74. The van der Waals surface area contributed by atoms with Crippen LogP contribution in [0.1, 0.15) is 12.8 Å². The number of piperidine rings is 1. The van der Waals surface area contributed by atoms with Crippen LogP contribution in [0.4, 0.5) is 5.82 Å². The lowest BCUT2D eigenvalue weighted by atomic mass is 9.98. The van der Waals surface area contributed by atoms with Crippen molar-refractivity contribution >= 4 is 17.4 Å². The van der Waals surface area contributed by atoms with E-state index in [0.29, 0.717) is 17.0 Å². The molecule has 1 unspecified atom stereocenters. The third kappa shape index (κ3) is 3.03. The van der Waals surface area contributed by atoms with E-state index in [4.69, 9.17) is 16.3 Å². The van der Waals surface area contributed by atoms with Crippen molar-refractivity contribution in [1.82, 2.24) is 15.3 Å². The van der Waals surface area contributed by atoms with Gasteiger partial charge in [0.1, 0.15) is 5.02 Å². The first-order valence-corrected chi connectivity index (χ1v) is 6.58. The first kappa shape index (κ1) is 13.4. The summed E-state index contributed by atoms with van der Waals surface area (Å²) in [7, 11) is 3.55. The highest BCUT2D eigenvalue weighted by Crippen LogP contribution is 2.28. The molecule has 6 heteroatoms. The quantitative estimate of drug-likeness (QED) is 0.900. The van der Waals surface area contributed by atoms with Crippen LogP contribution in [0.2, 0.25) is 5.02 Å². The number of nitrogens with one attached hydrogen (secondary N) is 1. The normalized spacial score (nSPS) is 19.9. The predicted molar refractivity (Wildman–Crippen MR) is 72.5 cm³/mol. The highest BCUT2D eigenvalue weighted by Gasteiger charge is 2.22. The van der Waals surface area contributed by atoms with Gasteiger partial charge in [0.05, 0.1) is 13.3 Å². The second kappa shape index (κ2) is 6.20. The van der Waals surface area contributed by atoms with Gasteiger partial charge in [-0.25, -0.2) is 4.98 Å². The summed E-state index contributed by atoms with van der Waals surface area (Å²) in [5, 5.41) is 3.81. The Hall–Kier alpha value is -1.07. The molecule has 1 aliphatic rings. The summed E-state index contributed by atoms with van der Waals surface area (Å²) in [4.78, 5) is 10.6. The Morgan fingerprint density at radius 1 is 1.61 bits per heavy atom. The van der Waals surface area contributed by atoms with E-state index >= 15 is 0 Å². The van der Waals surface area contributed by atoms with E-state index in [1.54, 1.807) is 13.3 Å². The van der Waals surface area contributed by atoms with Crippen molar-refractivity contribution in [3.63, 3.8) is 0 Å². The van der Waals surface area contributed by atoms with Crippen molar-refractivity contribution in [1.29, 1.82) is 0 Å². The molecule has 18 heavy (non-hydrogen) atoms. The third-order valence-corrected chi connectivity index (χ3v) is 3.46. The Kier molecular flexibility index (Phi) is 4.60. The summed E-state index contributed by atoms with van der Waals surface area (Å²) in [5.74, 6) is 1.42. The van der Waals surface area contributed by atoms with E-state index in [1.165, 1.54) is 6.42 Å². The van der Waals surface area contributed by atoms with Crippen molar-refractivity contribution in [3.05, 3.63) is 11.2 Å². The lowest BCUT2D eigenvalue weighted by Gasteiger charge is -2.33. The summed E-state index contributed by atoms with van der Waals surface area (Å²) in [6.07, 6.45) is 4.01. The average Bonchev–Trinajstić information content (AvgIpc) is 2.40. The Morgan fingerprint density at radius 3 is 3.17 bits per heavy atom.